The number of halogens is 1. The van der Waals surface area contributed by atoms with Gasteiger partial charge in [0.25, 0.3) is 0 Å². The Hall–Kier alpha value is -0.820. The molecule has 1 aliphatic rings. The summed E-state index contributed by atoms with van der Waals surface area (Å²) in [4.78, 5) is 4.65. The third-order valence-corrected chi connectivity index (χ3v) is 3.28. The van der Waals surface area contributed by atoms with Crippen molar-refractivity contribution in [3.05, 3.63) is 28.8 Å². The molecule has 1 fully saturated rings. The summed E-state index contributed by atoms with van der Waals surface area (Å²) in [7, 11) is 0. The van der Waals surface area contributed by atoms with Gasteiger partial charge in [-0.25, -0.2) is 0 Å². The van der Waals surface area contributed by atoms with E-state index in [0.717, 1.165) is 29.1 Å². The van der Waals surface area contributed by atoms with E-state index in [1.54, 1.807) is 0 Å². The smallest absolute Gasteiger partial charge is 0.0644 e. The molecule has 0 spiro atoms. The predicted molar refractivity (Wildman–Crippen MR) is 66.4 cm³/mol. The molecule has 2 heteroatoms. The van der Waals surface area contributed by atoms with Gasteiger partial charge >= 0.3 is 0 Å². The second kappa shape index (κ2) is 4.80. The normalized spacial score (nSPS) is 16.5. The molecule has 1 saturated carbocycles. The molecule has 1 aliphatic carbocycles. The third kappa shape index (κ3) is 2.82. The first-order valence-corrected chi connectivity index (χ1v) is 5.96. The number of rotatable bonds is 1. The van der Waals surface area contributed by atoms with Gasteiger partial charge in [0.05, 0.1) is 5.69 Å². The third-order valence-electron chi connectivity index (χ3n) is 2.87. The summed E-state index contributed by atoms with van der Waals surface area (Å²) in [6.45, 7) is 2.01. The first-order chi connectivity index (χ1) is 7.25. The van der Waals surface area contributed by atoms with Crippen LogP contribution in [0, 0.1) is 6.92 Å². The van der Waals surface area contributed by atoms with Gasteiger partial charge in [0.1, 0.15) is 0 Å². The van der Waals surface area contributed by atoms with E-state index in [4.69, 9.17) is 11.6 Å². The van der Waals surface area contributed by atoms with E-state index in [1.807, 2.05) is 25.1 Å². The summed E-state index contributed by atoms with van der Waals surface area (Å²) in [6.07, 6.45) is 6.25. The van der Waals surface area contributed by atoms with Crippen molar-refractivity contribution in [1.29, 1.82) is 0 Å². The zero-order valence-electron chi connectivity index (χ0n) is 9.09. The molecule has 0 heterocycles. The van der Waals surface area contributed by atoms with Crippen molar-refractivity contribution in [3.63, 3.8) is 0 Å². The Morgan fingerprint density at radius 3 is 2.53 bits per heavy atom. The topological polar surface area (TPSA) is 12.4 Å². The fourth-order valence-corrected chi connectivity index (χ4v) is 2.08. The molecule has 2 rings (SSSR count). The summed E-state index contributed by atoms with van der Waals surface area (Å²) in [5.74, 6) is 0. The second-order valence-corrected chi connectivity index (χ2v) is 4.58. The number of aryl methyl sites for hydroxylation is 1. The van der Waals surface area contributed by atoms with Gasteiger partial charge in [0.15, 0.2) is 0 Å². The van der Waals surface area contributed by atoms with E-state index < -0.39 is 0 Å². The van der Waals surface area contributed by atoms with E-state index in [2.05, 4.69) is 4.99 Å². The van der Waals surface area contributed by atoms with Crippen LogP contribution in [0.25, 0.3) is 0 Å². The molecule has 0 aliphatic heterocycles. The van der Waals surface area contributed by atoms with Crippen LogP contribution >= 0.6 is 11.6 Å². The maximum absolute atomic E-state index is 6.06. The van der Waals surface area contributed by atoms with Gasteiger partial charge in [-0.1, -0.05) is 24.1 Å². The minimum Gasteiger partial charge on any atom is -0.258 e. The summed E-state index contributed by atoms with van der Waals surface area (Å²) < 4.78 is 0. The fourth-order valence-electron chi connectivity index (χ4n) is 1.91. The van der Waals surface area contributed by atoms with Crippen molar-refractivity contribution in [2.24, 2.45) is 4.99 Å². The molecule has 0 aromatic heterocycles. The van der Waals surface area contributed by atoms with Crippen molar-refractivity contribution < 1.29 is 0 Å². The van der Waals surface area contributed by atoms with Crippen LogP contribution in [0.2, 0.25) is 5.02 Å². The minimum absolute atomic E-state index is 0.813. The highest BCUT2D eigenvalue weighted by Crippen LogP contribution is 2.24. The van der Waals surface area contributed by atoms with E-state index in [0.29, 0.717) is 0 Å². The highest BCUT2D eigenvalue weighted by Gasteiger charge is 2.06. The number of hydrogen-bond donors (Lipinski definition) is 0. The van der Waals surface area contributed by atoms with Gasteiger partial charge in [0.2, 0.25) is 0 Å². The van der Waals surface area contributed by atoms with Gasteiger partial charge < -0.3 is 0 Å². The first kappa shape index (κ1) is 10.7. The van der Waals surface area contributed by atoms with Crippen LogP contribution in [0.1, 0.15) is 37.7 Å². The molecule has 0 N–H and O–H groups in total. The van der Waals surface area contributed by atoms with Crippen molar-refractivity contribution in [2.75, 3.05) is 0 Å². The largest absolute Gasteiger partial charge is 0.258 e. The van der Waals surface area contributed by atoms with Gasteiger partial charge in [-0.05, 0) is 50.3 Å². The van der Waals surface area contributed by atoms with E-state index in [-0.39, 0.29) is 0 Å². The summed E-state index contributed by atoms with van der Waals surface area (Å²) in [5, 5.41) is 0.813. The molecule has 15 heavy (non-hydrogen) atoms. The average molecular weight is 222 g/mol. The molecule has 0 atom stereocenters. The Kier molecular flexibility index (Phi) is 3.42. The summed E-state index contributed by atoms with van der Waals surface area (Å²) in [5.41, 5.74) is 3.45. The Morgan fingerprint density at radius 2 is 1.87 bits per heavy atom. The van der Waals surface area contributed by atoms with Crippen LogP contribution in [0.4, 0.5) is 5.69 Å². The molecular weight excluding hydrogens is 206 g/mol. The summed E-state index contributed by atoms with van der Waals surface area (Å²) in [6, 6.07) is 6.03. The molecule has 1 aromatic rings. The second-order valence-electron chi connectivity index (χ2n) is 4.17. The van der Waals surface area contributed by atoms with Crippen LogP contribution in [0.3, 0.4) is 0 Å². The fraction of sp³-hybridized carbons (Fsp3) is 0.462. The molecule has 1 aromatic carbocycles. The van der Waals surface area contributed by atoms with Crippen LogP contribution in [0.15, 0.2) is 23.2 Å². The van der Waals surface area contributed by atoms with Crippen LogP contribution in [-0.4, -0.2) is 5.71 Å². The zero-order valence-corrected chi connectivity index (χ0v) is 9.85. The van der Waals surface area contributed by atoms with Crippen LogP contribution < -0.4 is 0 Å². The highest BCUT2D eigenvalue weighted by atomic mass is 35.5. The SMILES string of the molecule is Cc1ccc(N=C2CCCCC2)cc1Cl. The Morgan fingerprint density at radius 1 is 1.13 bits per heavy atom. The van der Waals surface area contributed by atoms with Gasteiger partial charge in [-0.3, -0.25) is 4.99 Å². The highest BCUT2D eigenvalue weighted by molar-refractivity contribution is 6.31. The Bertz CT molecular complexity index is 374. The zero-order chi connectivity index (χ0) is 10.7. The number of aliphatic imine (C=N–C) groups is 1. The molecule has 1 nitrogen and oxygen atoms in total. The molecule has 0 saturated heterocycles. The average Bonchev–Trinajstić information content (AvgIpc) is 2.25. The lowest BCUT2D eigenvalue weighted by Crippen LogP contribution is -2.03. The van der Waals surface area contributed by atoms with Gasteiger partial charge in [-0.2, -0.15) is 0 Å². The maximum atomic E-state index is 6.06. The van der Waals surface area contributed by atoms with Crippen molar-refractivity contribution in [2.45, 2.75) is 39.0 Å². The number of hydrogen-bond acceptors (Lipinski definition) is 1. The van der Waals surface area contributed by atoms with E-state index in [9.17, 15) is 0 Å². The van der Waals surface area contributed by atoms with Crippen molar-refractivity contribution in [3.8, 4) is 0 Å². The molecule has 0 amide bonds. The minimum atomic E-state index is 0.813. The predicted octanol–water partition coefficient (Wildman–Crippen LogP) is 4.69. The maximum Gasteiger partial charge on any atom is 0.0644 e. The lowest BCUT2D eigenvalue weighted by atomic mass is 9.98. The number of nitrogens with zero attached hydrogens (tertiary/aromatic N) is 1. The molecule has 0 unspecified atom stereocenters. The van der Waals surface area contributed by atoms with Crippen LogP contribution in [-0.2, 0) is 0 Å². The number of benzene rings is 1. The monoisotopic (exact) mass is 221 g/mol. The molecule has 0 bridgehead atoms. The first-order valence-electron chi connectivity index (χ1n) is 5.58. The van der Waals surface area contributed by atoms with E-state index >= 15 is 0 Å². The molecule has 0 radical (unpaired) electrons. The quantitative estimate of drug-likeness (QED) is 0.653. The van der Waals surface area contributed by atoms with Gasteiger partial charge in [0, 0.05) is 10.7 Å². The van der Waals surface area contributed by atoms with E-state index in [1.165, 1.54) is 25.0 Å². The summed E-state index contributed by atoms with van der Waals surface area (Å²) >= 11 is 6.06. The Balaban J connectivity index is 2.18. The van der Waals surface area contributed by atoms with Crippen molar-refractivity contribution >= 4 is 23.0 Å². The lowest BCUT2D eigenvalue weighted by Gasteiger charge is -2.12. The molecule has 80 valence electrons. The van der Waals surface area contributed by atoms with Crippen molar-refractivity contribution in [1.82, 2.24) is 0 Å². The van der Waals surface area contributed by atoms with Crippen LogP contribution in [0.5, 0.6) is 0 Å². The standard InChI is InChI=1S/C13H16ClN/c1-10-7-8-12(9-13(10)14)15-11-5-3-2-4-6-11/h7-9H,2-6H2,1H3. The Labute approximate surface area is 96.2 Å². The molecular formula is C13H16ClN. The lowest BCUT2D eigenvalue weighted by molar-refractivity contribution is 0.667. The van der Waals surface area contributed by atoms with Gasteiger partial charge in [-0.15, -0.1) is 0 Å².